The van der Waals surface area contributed by atoms with Crippen LogP contribution in [0.4, 0.5) is 0 Å². The van der Waals surface area contributed by atoms with E-state index >= 15 is 0 Å². The van der Waals surface area contributed by atoms with E-state index in [9.17, 15) is 0 Å². The average Bonchev–Trinajstić information content (AvgIpc) is 2.73. The molecule has 148 valence electrons. The van der Waals surface area contributed by atoms with E-state index in [0.29, 0.717) is 6.54 Å². The van der Waals surface area contributed by atoms with Crippen molar-refractivity contribution < 1.29 is 14.2 Å². The van der Waals surface area contributed by atoms with Gasteiger partial charge in [-0.15, -0.1) is 0 Å². The molecule has 1 aliphatic heterocycles. The van der Waals surface area contributed by atoms with Crippen LogP contribution in [-0.2, 0) is 12.8 Å². The van der Waals surface area contributed by atoms with Gasteiger partial charge in [0.25, 0.3) is 0 Å². The summed E-state index contributed by atoms with van der Waals surface area (Å²) in [6.07, 6.45) is 4.30. The second-order valence-corrected chi connectivity index (χ2v) is 6.66. The second-order valence-electron chi connectivity index (χ2n) is 6.66. The van der Waals surface area contributed by atoms with Gasteiger partial charge in [-0.2, -0.15) is 0 Å². The molecule has 1 N–H and O–H groups in total. The number of aryl methyl sites for hydroxylation is 1. The third kappa shape index (κ3) is 4.82. The van der Waals surface area contributed by atoms with Gasteiger partial charge in [0.1, 0.15) is 5.75 Å². The number of amidine groups is 1. The highest BCUT2D eigenvalue weighted by molar-refractivity contribution is 5.82. The van der Waals surface area contributed by atoms with E-state index in [1.165, 1.54) is 16.8 Å². The van der Waals surface area contributed by atoms with Crippen molar-refractivity contribution in [1.29, 1.82) is 0 Å². The molecular formula is C22H27N3O3. The van der Waals surface area contributed by atoms with E-state index in [4.69, 9.17) is 14.2 Å². The van der Waals surface area contributed by atoms with Crippen molar-refractivity contribution >= 4 is 5.84 Å². The molecule has 2 heterocycles. The Labute approximate surface area is 166 Å². The van der Waals surface area contributed by atoms with Crippen LogP contribution in [0.5, 0.6) is 17.2 Å². The quantitative estimate of drug-likeness (QED) is 0.757. The molecule has 28 heavy (non-hydrogen) atoms. The van der Waals surface area contributed by atoms with Crippen molar-refractivity contribution in [2.45, 2.75) is 26.2 Å². The topological polar surface area (TPSA) is 65.0 Å². The number of rotatable bonds is 8. The number of benzene rings is 1. The molecule has 0 amide bonds. The zero-order valence-corrected chi connectivity index (χ0v) is 16.9. The Morgan fingerprint density at radius 3 is 2.54 bits per heavy atom. The molecule has 3 rings (SSSR count). The lowest BCUT2D eigenvalue weighted by molar-refractivity contribution is 0.354. The van der Waals surface area contributed by atoms with E-state index < -0.39 is 0 Å². The number of methoxy groups -OCH3 is 3. The summed E-state index contributed by atoms with van der Waals surface area (Å²) in [4.78, 5) is 9.02. The normalized spacial score (nSPS) is 13.6. The number of nitrogens with one attached hydrogen (secondary N) is 1. The molecule has 6 nitrogen and oxygen atoms in total. The van der Waals surface area contributed by atoms with Crippen LogP contribution >= 0.6 is 0 Å². The molecule has 0 unspecified atom stereocenters. The molecule has 6 heteroatoms. The maximum Gasteiger partial charge on any atom is 0.160 e. The number of hydrogen-bond acceptors (Lipinski definition) is 6. The lowest BCUT2D eigenvalue weighted by atomic mass is 9.99. The molecule has 0 aliphatic carbocycles. The number of allylic oxidation sites excluding steroid dienone is 1. The Hall–Kier alpha value is -3.02. The van der Waals surface area contributed by atoms with Crippen molar-refractivity contribution in [1.82, 2.24) is 10.3 Å². The van der Waals surface area contributed by atoms with Crippen LogP contribution in [0.3, 0.4) is 0 Å². The monoisotopic (exact) mass is 381 g/mol. The maximum absolute atomic E-state index is 5.43. The van der Waals surface area contributed by atoms with Gasteiger partial charge in [0.15, 0.2) is 11.5 Å². The Morgan fingerprint density at radius 1 is 0.964 bits per heavy atom. The summed E-state index contributed by atoms with van der Waals surface area (Å²) in [5, 5.41) is 3.45. The van der Waals surface area contributed by atoms with E-state index in [1.807, 2.05) is 31.2 Å². The highest BCUT2D eigenvalue weighted by atomic mass is 16.5. The van der Waals surface area contributed by atoms with Crippen molar-refractivity contribution in [2.75, 3.05) is 27.9 Å². The van der Waals surface area contributed by atoms with Crippen molar-refractivity contribution in [2.24, 2.45) is 4.99 Å². The zero-order chi connectivity index (χ0) is 19.9. The summed E-state index contributed by atoms with van der Waals surface area (Å²) in [6, 6.07) is 9.89. The van der Waals surface area contributed by atoms with Gasteiger partial charge in [-0.05, 0) is 55.5 Å². The fourth-order valence-electron chi connectivity index (χ4n) is 3.27. The van der Waals surface area contributed by atoms with Gasteiger partial charge in [0.2, 0.25) is 0 Å². The average molecular weight is 381 g/mol. The molecular weight excluding hydrogens is 354 g/mol. The number of aromatic nitrogens is 1. The minimum Gasteiger partial charge on any atom is -0.497 e. The molecule has 2 aromatic rings. The third-order valence-electron chi connectivity index (χ3n) is 4.79. The summed E-state index contributed by atoms with van der Waals surface area (Å²) in [7, 11) is 4.97. The molecule has 1 aromatic carbocycles. The first-order valence-corrected chi connectivity index (χ1v) is 9.31. The first-order valence-electron chi connectivity index (χ1n) is 9.31. The maximum atomic E-state index is 5.43. The summed E-state index contributed by atoms with van der Waals surface area (Å²) >= 11 is 0. The predicted molar refractivity (Wildman–Crippen MR) is 110 cm³/mol. The largest absolute Gasteiger partial charge is 0.497 e. The molecule has 0 saturated heterocycles. The van der Waals surface area contributed by atoms with Crippen molar-refractivity contribution in [3.8, 4) is 17.2 Å². The molecule has 0 spiro atoms. The second kappa shape index (κ2) is 9.26. The molecule has 0 atom stereocenters. The number of ether oxygens (including phenoxy) is 3. The number of hydrogen-bond donors (Lipinski definition) is 1. The zero-order valence-electron chi connectivity index (χ0n) is 16.9. The van der Waals surface area contributed by atoms with Gasteiger partial charge < -0.3 is 19.5 Å². The summed E-state index contributed by atoms with van der Waals surface area (Å²) < 4.78 is 16.1. The van der Waals surface area contributed by atoms with Gasteiger partial charge in [-0.25, -0.2) is 0 Å². The molecule has 0 radical (unpaired) electrons. The van der Waals surface area contributed by atoms with Crippen LogP contribution in [-0.4, -0.2) is 38.7 Å². The predicted octanol–water partition coefficient (Wildman–Crippen LogP) is 3.56. The van der Waals surface area contributed by atoms with E-state index in [1.54, 1.807) is 27.5 Å². The van der Waals surface area contributed by atoms with Crippen molar-refractivity contribution in [3.63, 3.8) is 0 Å². The van der Waals surface area contributed by atoms with E-state index in [2.05, 4.69) is 21.4 Å². The van der Waals surface area contributed by atoms with Crippen LogP contribution in [0, 0.1) is 0 Å². The van der Waals surface area contributed by atoms with Gasteiger partial charge in [0, 0.05) is 23.7 Å². The number of nitrogens with zero attached hydrogens (tertiary/aromatic N) is 2. The first-order chi connectivity index (χ1) is 13.6. The summed E-state index contributed by atoms with van der Waals surface area (Å²) in [6.45, 7) is 2.70. The minimum atomic E-state index is 0.702. The Kier molecular flexibility index (Phi) is 6.53. The smallest absolute Gasteiger partial charge is 0.160 e. The lowest BCUT2D eigenvalue weighted by Gasteiger charge is -2.21. The van der Waals surface area contributed by atoms with Crippen LogP contribution < -0.4 is 19.5 Å². The SMILES string of the molecule is COc1ccnc(CCC2=C(Cc3ccc(OC)c(OC)c3)CN=C(C)N2)c1. The minimum absolute atomic E-state index is 0.702. The van der Waals surface area contributed by atoms with Crippen LogP contribution in [0.25, 0.3) is 0 Å². The molecule has 0 saturated carbocycles. The van der Waals surface area contributed by atoms with Gasteiger partial charge in [0.05, 0.1) is 33.7 Å². The highest BCUT2D eigenvalue weighted by Crippen LogP contribution is 2.29. The van der Waals surface area contributed by atoms with Crippen LogP contribution in [0.1, 0.15) is 24.6 Å². The fraction of sp³-hybridized carbons (Fsp3) is 0.364. The summed E-state index contributed by atoms with van der Waals surface area (Å²) in [5.41, 5.74) is 4.67. The third-order valence-corrected chi connectivity index (χ3v) is 4.79. The summed E-state index contributed by atoms with van der Waals surface area (Å²) in [5.74, 6) is 3.26. The lowest BCUT2D eigenvalue weighted by Crippen LogP contribution is -2.27. The standard InChI is InChI=1S/C22H27N3O3/c1-15-24-14-17(11-16-5-8-21(27-3)22(12-16)28-4)20(25-15)7-6-18-13-19(26-2)9-10-23-18/h5,8-10,12-13H,6-7,11,14H2,1-4H3,(H,24,25). The highest BCUT2D eigenvalue weighted by Gasteiger charge is 2.15. The van der Waals surface area contributed by atoms with Gasteiger partial charge in [-0.3, -0.25) is 9.98 Å². The van der Waals surface area contributed by atoms with E-state index in [-0.39, 0.29) is 0 Å². The van der Waals surface area contributed by atoms with E-state index in [0.717, 1.165) is 48.0 Å². The fourth-order valence-corrected chi connectivity index (χ4v) is 3.27. The Morgan fingerprint density at radius 2 is 1.79 bits per heavy atom. The van der Waals surface area contributed by atoms with Gasteiger partial charge >= 0.3 is 0 Å². The molecule has 1 aromatic heterocycles. The van der Waals surface area contributed by atoms with Gasteiger partial charge in [-0.1, -0.05) is 6.07 Å². The number of pyridine rings is 1. The number of aliphatic imine (C=N–C) groups is 1. The van der Waals surface area contributed by atoms with Crippen molar-refractivity contribution in [3.05, 3.63) is 59.1 Å². The Bertz CT molecular complexity index is 890. The van der Waals surface area contributed by atoms with Crippen LogP contribution in [0.2, 0.25) is 0 Å². The molecule has 0 fully saturated rings. The van der Waals surface area contributed by atoms with Crippen LogP contribution in [0.15, 0.2) is 52.8 Å². The Balaban J connectivity index is 1.77. The molecule has 1 aliphatic rings. The molecule has 0 bridgehead atoms. The first kappa shape index (κ1) is 19.7.